The Morgan fingerprint density at radius 1 is 0.648 bits per heavy atom. The van der Waals surface area contributed by atoms with Gasteiger partial charge in [-0.1, -0.05) is 84.9 Å². The summed E-state index contributed by atoms with van der Waals surface area (Å²) in [5, 5.41) is 12.8. The minimum atomic E-state index is -1.17. The molecule has 0 aliphatic carbocycles. The standard InChI is InChI=1S/C42H47N3O9/c1-44(40(49)35(25-31-15-20-33(46)21-16-31)43-38(47)24-19-29-11-7-5-8-12-29)36(26-32-17-22-34(52-3)23-18-32)41(50)45(2)37(27-30-13-9-6-10-14-30)42(51)54-28-39(48)53-4/h5-18,20-23,35-37,46H,19,24-28H2,1-4H3,(H,43,47)/t35-,36+,37+/m1/s1. The highest BCUT2D eigenvalue weighted by Gasteiger charge is 2.38. The Balaban J connectivity index is 1.66. The molecule has 3 atom stereocenters. The second-order valence-electron chi connectivity index (χ2n) is 12.8. The zero-order valence-corrected chi connectivity index (χ0v) is 31.0. The molecule has 3 amide bonds. The minimum Gasteiger partial charge on any atom is -0.508 e. The summed E-state index contributed by atoms with van der Waals surface area (Å²) in [6.07, 6.45) is 0.783. The molecule has 54 heavy (non-hydrogen) atoms. The molecule has 12 heteroatoms. The molecule has 0 aliphatic rings. The van der Waals surface area contributed by atoms with Crippen molar-refractivity contribution in [1.82, 2.24) is 15.1 Å². The number of phenols is 1. The van der Waals surface area contributed by atoms with E-state index in [0.717, 1.165) is 11.1 Å². The molecule has 0 heterocycles. The monoisotopic (exact) mass is 737 g/mol. The fraction of sp³-hybridized carbons (Fsp3) is 0.310. The number of phenolic OH excluding ortho intramolecular Hbond substituents is 1. The number of ether oxygens (including phenoxy) is 3. The van der Waals surface area contributed by atoms with Crippen LogP contribution < -0.4 is 10.1 Å². The highest BCUT2D eigenvalue weighted by atomic mass is 16.6. The van der Waals surface area contributed by atoms with Crippen molar-refractivity contribution in [2.24, 2.45) is 0 Å². The van der Waals surface area contributed by atoms with Crippen LogP contribution in [0.5, 0.6) is 11.5 Å². The Labute approximate surface area is 315 Å². The Morgan fingerprint density at radius 3 is 1.76 bits per heavy atom. The zero-order chi connectivity index (χ0) is 39.0. The van der Waals surface area contributed by atoms with Crippen LogP contribution in [0.4, 0.5) is 0 Å². The number of likely N-dealkylation sites (N-methyl/N-ethyl adjacent to an activating group) is 2. The van der Waals surface area contributed by atoms with E-state index in [1.165, 1.54) is 50.2 Å². The largest absolute Gasteiger partial charge is 0.508 e. The van der Waals surface area contributed by atoms with Crippen LogP contribution in [0.15, 0.2) is 109 Å². The second-order valence-corrected chi connectivity index (χ2v) is 12.8. The number of methoxy groups -OCH3 is 2. The number of nitrogens with one attached hydrogen (secondary N) is 1. The number of carbonyl (C=O) groups is 5. The number of rotatable bonds is 18. The summed E-state index contributed by atoms with van der Waals surface area (Å²) < 4.78 is 15.2. The van der Waals surface area contributed by atoms with Crippen LogP contribution >= 0.6 is 0 Å². The van der Waals surface area contributed by atoms with Crippen LogP contribution in [0.25, 0.3) is 0 Å². The van der Waals surface area contributed by atoms with Crippen molar-refractivity contribution in [2.45, 2.75) is 50.2 Å². The number of aryl methyl sites for hydroxylation is 1. The zero-order valence-electron chi connectivity index (χ0n) is 31.0. The van der Waals surface area contributed by atoms with Crippen molar-refractivity contribution in [3.63, 3.8) is 0 Å². The van der Waals surface area contributed by atoms with Gasteiger partial charge in [-0.2, -0.15) is 0 Å². The molecule has 0 saturated heterocycles. The highest BCUT2D eigenvalue weighted by Crippen LogP contribution is 2.20. The summed E-state index contributed by atoms with van der Waals surface area (Å²) in [5.41, 5.74) is 3.08. The molecule has 0 spiro atoms. The van der Waals surface area contributed by atoms with Gasteiger partial charge in [0.2, 0.25) is 17.7 Å². The van der Waals surface area contributed by atoms with E-state index >= 15 is 0 Å². The second kappa shape index (κ2) is 20.2. The number of carbonyl (C=O) groups excluding carboxylic acids is 5. The van der Waals surface area contributed by atoms with E-state index in [1.54, 1.807) is 60.7 Å². The lowest BCUT2D eigenvalue weighted by molar-refractivity contribution is -0.163. The molecule has 284 valence electrons. The van der Waals surface area contributed by atoms with Gasteiger partial charge in [0.1, 0.15) is 29.6 Å². The average Bonchev–Trinajstić information content (AvgIpc) is 3.20. The number of esters is 2. The Morgan fingerprint density at radius 2 is 1.17 bits per heavy atom. The molecule has 12 nitrogen and oxygen atoms in total. The maximum absolute atomic E-state index is 14.6. The van der Waals surface area contributed by atoms with Gasteiger partial charge in [0.05, 0.1) is 14.2 Å². The summed E-state index contributed by atoms with van der Waals surface area (Å²) in [5.74, 6) is -2.39. The van der Waals surface area contributed by atoms with E-state index in [4.69, 9.17) is 9.47 Å². The van der Waals surface area contributed by atoms with Crippen molar-refractivity contribution in [3.05, 3.63) is 131 Å². The van der Waals surface area contributed by atoms with Gasteiger partial charge in [-0.3, -0.25) is 14.4 Å². The molecule has 0 saturated carbocycles. The van der Waals surface area contributed by atoms with Crippen molar-refractivity contribution in [3.8, 4) is 11.5 Å². The lowest BCUT2D eigenvalue weighted by Crippen LogP contribution is -2.58. The first-order valence-corrected chi connectivity index (χ1v) is 17.5. The van der Waals surface area contributed by atoms with Gasteiger partial charge in [0.25, 0.3) is 0 Å². The predicted molar refractivity (Wildman–Crippen MR) is 201 cm³/mol. The van der Waals surface area contributed by atoms with E-state index in [-0.39, 0.29) is 37.3 Å². The van der Waals surface area contributed by atoms with E-state index in [2.05, 4.69) is 10.1 Å². The minimum absolute atomic E-state index is 0.0500. The van der Waals surface area contributed by atoms with Crippen molar-refractivity contribution in [1.29, 1.82) is 0 Å². The molecule has 0 unspecified atom stereocenters. The van der Waals surface area contributed by atoms with Gasteiger partial charge in [-0.05, 0) is 52.9 Å². The van der Waals surface area contributed by atoms with E-state index in [0.29, 0.717) is 23.3 Å². The van der Waals surface area contributed by atoms with Gasteiger partial charge < -0.3 is 34.4 Å². The topological polar surface area (TPSA) is 152 Å². The molecule has 0 bridgehead atoms. The fourth-order valence-electron chi connectivity index (χ4n) is 5.90. The molecule has 4 aromatic rings. The number of aromatic hydroxyl groups is 1. The number of nitrogens with zero attached hydrogens (tertiary/aromatic N) is 2. The summed E-state index contributed by atoms with van der Waals surface area (Å²) >= 11 is 0. The average molecular weight is 738 g/mol. The smallest absolute Gasteiger partial charge is 0.344 e. The van der Waals surface area contributed by atoms with Crippen LogP contribution in [0.2, 0.25) is 0 Å². The predicted octanol–water partition coefficient (Wildman–Crippen LogP) is 3.92. The first kappa shape index (κ1) is 40.6. The van der Waals surface area contributed by atoms with Crippen LogP contribution in [0.1, 0.15) is 28.7 Å². The molecular weight excluding hydrogens is 690 g/mol. The van der Waals surface area contributed by atoms with Gasteiger partial charge in [-0.15, -0.1) is 0 Å². The Bertz CT molecular complexity index is 1830. The maximum atomic E-state index is 14.6. The molecule has 0 radical (unpaired) electrons. The highest BCUT2D eigenvalue weighted by molar-refractivity contribution is 5.94. The van der Waals surface area contributed by atoms with E-state index in [9.17, 15) is 29.1 Å². The number of hydrogen-bond acceptors (Lipinski definition) is 9. The maximum Gasteiger partial charge on any atom is 0.344 e. The number of amides is 3. The molecule has 2 N–H and O–H groups in total. The normalized spacial score (nSPS) is 12.4. The van der Waals surface area contributed by atoms with Crippen LogP contribution in [0, 0.1) is 0 Å². The lowest BCUT2D eigenvalue weighted by Gasteiger charge is -2.35. The number of benzene rings is 4. The summed E-state index contributed by atoms with van der Waals surface area (Å²) in [4.78, 5) is 70.4. The van der Waals surface area contributed by atoms with Crippen molar-refractivity contribution < 1.29 is 43.3 Å². The molecule has 0 aliphatic heterocycles. The number of hydrogen-bond donors (Lipinski definition) is 2. The third kappa shape index (κ3) is 11.9. The summed E-state index contributed by atoms with van der Waals surface area (Å²) in [6.45, 7) is -0.640. The molecule has 4 rings (SSSR count). The quantitative estimate of drug-likeness (QED) is 0.145. The third-order valence-corrected chi connectivity index (χ3v) is 9.10. The summed E-state index contributed by atoms with van der Waals surface area (Å²) in [6, 6.07) is 28.5. The first-order valence-electron chi connectivity index (χ1n) is 17.5. The first-order chi connectivity index (χ1) is 26.0. The molecule has 0 fully saturated rings. The molecule has 4 aromatic carbocycles. The van der Waals surface area contributed by atoms with Crippen LogP contribution in [0.3, 0.4) is 0 Å². The summed E-state index contributed by atoms with van der Waals surface area (Å²) in [7, 11) is 5.65. The van der Waals surface area contributed by atoms with Gasteiger partial charge in [0, 0.05) is 39.8 Å². The third-order valence-electron chi connectivity index (χ3n) is 9.10. The van der Waals surface area contributed by atoms with Crippen LogP contribution in [-0.4, -0.2) is 97.6 Å². The fourth-order valence-corrected chi connectivity index (χ4v) is 5.90. The van der Waals surface area contributed by atoms with Gasteiger partial charge in [-0.25, -0.2) is 9.59 Å². The van der Waals surface area contributed by atoms with Crippen LogP contribution in [-0.2, 0) is 59.1 Å². The lowest BCUT2D eigenvalue weighted by atomic mass is 9.98. The molecular formula is C42H47N3O9. The van der Waals surface area contributed by atoms with Crippen molar-refractivity contribution >= 4 is 29.7 Å². The molecule has 0 aromatic heterocycles. The SMILES string of the molecule is COC(=O)COC(=O)[C@H](Cc1ccccc1)N(C)C(=O)[C@H](Cc1ccc(OC)cc1)N(C)C(=O)[C@@H](Cc1ccc(O)cc1)NC(=O)CCc1ccccc1. The Kier molecular flexibility index (Phi) is 15.2. The van der Waals surface area contributed by atoms with Gasteiger partial charge in [0.15, 0.2) is 6.61 Å². The van der Waals surface area contributed by atoms with E-state index in [1.807, 2.05) is 36.4 Å². The van der Waals surface area contributed by atoms with Gasteiger partial charge >= 0.3 is 11.9 Å². The van der Waals surface area contributed by atoms with Crippen molar-refractivity contribution in [2.75, 3.05) is 34.9 Å². The van der Waals surface area contributed by atoms with E-state index < -0.39 is 48.5 Å². The Hall–Kier alpha value is -6.17.